The summed E-state index contributed by atoms with van der Waals surface area (Å²) in [5.41, 5.74) is 1.11. The largest absolute Gasteiger partial charge is 0.493 e. The van der Waals surface area contributed by atoms with Gasteiger partial charge in [-0.05, 0) is 64.6 Å². The summed E-state index contributed by atoms with van der Waals surface area (Å²) in [6.07, 6.45) is 1.49. The summed E-state index contributed by atoms with van der Waals surface area (Å²) in [6.45, 7) is 1.26. The number of methoxy groups -OCH3 is 1. The van der Waals surface area contributed by atoms with Crippen LogP contribution in [0.2, 0.25) is 10.0 Å². The maximum atomic E-state index is 12.2. The van der Waals surface area contributed by atoms with Crippen molar-refractivity contribution in [1.82, 2.24) is 0 Å². The van der Waals surface area contributed by atoms with Crippen LogP contribution in [0, 0.1) is 3.57 Å². The van der Waals surface area contributed by atoms with E-state index >= 15 is 0 Å². The topological polar surface area (TPSA) is 74.2 Å². The van der Waals surface area contributed by atoms with Gasteiger partial charge >= 0.3 is 11.9 Å². The zero-order chi connectivity index (χ0) is 20.4. The van der Waals surface area contributed by atoms with Crippen LogP contribution in [-0.2, 0) is 14.3 Å². The number of nitrogens with zero attached hydrogens (tertiary/aromatic N) is 1. The number of ether oxygens (including phenoxy) is 3. The van der Waals surface area contributed by atoms with Crippen LogP contribution in [0.4, 0.5) is 0 Å². The lowest BCUT2D eigenvalue weighted by molar-refractivity contribution is -0.132. The Morgan fingerprint density at radius 1 is 1.21 bits per heavy atom. The van der Waals surface area contributed by atoms with Gasteiger partial charge in [0, 0.05) is 10.5 Å². The lowest BCUT2D eigenvalue weighted by Gasteiger charge is -2.10. The van der Waals surface area contributed by atoms with Crippen LogP contribution < -0.4 is 9.47 Å². The summed E-state index contributed by atoms with van der Waals surface area (Å²) in [7, 11) is 1.41. The van der Waals surface area contributed by atoms with Crippen molar-refractivity contribution in [1.29, 1.82) is 0 Å². The number of hydrogen-bond acceptors (Lipinski definition) is 6. The van der Waals surface area contributed by atoms with Crippen molar-refractivity contribution >= 4 is 69.7 Å². The number of cyclic esters (lactones) is 1. The zero-order valence-electron chi connectivity index (χ0n) is 14.6. The van der Waals surface area contributed by atoms with Crippen molar-refractivity contribution in [3.05, 3.63) is 60.8 Å². The molecule has 0 atom stereocenters. The highest BCUT2D eigenvalue weighted by molar-refractivity contribution is 14.1. The molecule has 0 amide bonds. The van der Waals surface area contributed by atoms with E-state index in [0.717, 1.165) is 3.57 Å². The van der Waals surface area contributed by atoms with Crippen LogP contribution >= 0.6 is 45.8 Å². The Kier molecular flexibility index (Phi) is 6.26. The highest BCUT2D eigenvalue weighted by Gasteiger charge is 2.26. The minimum absolute atomic E-state index is 0.0725. The van der Waals surface area contributed by atoms with E-state index in [1.165, 1.54) is 26.2 Å². The molecule has 0 N–H and O–H groups in total. The third kappa shape index (κ3) is 4.48. The van der Waals surface area contributed by atoms with Gasteiger partial charge in [-0.3, -0.25) is 4.79 Å². The minimum Gasteiger partial charge on any atom is -0.493 e. The Bertz CT molecular complexity index is 1050. The molecule has 0 bridgehead atoms. The Balaban J connectivity index is 2.00. The molecule has 28 heavy (non-hydrogen) atoms. The molecule has 144 valence electrons. The zero-order valence-corrected chi connectivity index (χ0v) is 18.3. The summed E-state index contributed by atoms with van der Waals surface area (Å²) in [6, 6.07) is 8.39. The number of carbonyl (C=O) groups is 2. The number of rotatable bonds is 4. The fourth-order valence-electron chi connectivity index (χ4n) is 2.41. The first-order valence-corrected chi connectivity index (χ1v) is 9.66. The van der Waals surface area contributed by atoms with E-state index in [-0.39, 0.29) is 28.1 Å². The average Bonchev–Trinajstić information content (AvgIpc) is 2.99. The molecule has 0 saturated heterocycles. The van der Waals surface area contributed by atoms with E-state index in [0.29, 0.717) is 16.1 Å². The lowest BCUT2D eigenvalue weighted by atomic mass is 10.1. The van der Waals surface area contributed by atoms with Crippen molar-refractivity contribution in [2.24, 2.45) is 4.99 Å². The van der Waals surface area contributed by atoms with Crippen molar-refractivity contribution < 1.29 is 23.8 Å². The first-order chi connectivity index (χ1) is 13.3. The predicted molar refractivity (Wildman–Crippen MR) is 114 cm³/mol. The van der Waals surface area contributed by atoms with Crippen LogP contribution in [0.15, 0.2) is 41.0 Å². The van der Waals surface area contributed by atoms with Gasteiger partial charge < -0.3 is 14.2 Å². The molecule has 3 rings (SSSR count). The van der Waals surface area contributed by atoms with Crippen molar-refractivity contribution in [2.75, 3.05) is 7.11 Å². The first-order valence-electron chi connectivity index (χ1n) is 7.82. The maximum Gasteiger partial charge on any atom is 0.363 e. The molecule has 0 unspecified atom stereocenters. The molecule has 0 aromatic heterocycles. The van der Waals surface area contributed by atoms with Gasteiger partial charge in [-0.2, -0.15) is 0 Å². The molecule has 2 aromatic carbocycles. The van der Waals surface area contributed by atoms with Crippen LogP contribution in [0.3, 0.4) is 0 Å². The van der Waals surface area contributed by atoms with Crippen LogP contribution in [0.25, 0.3) is 6.08 Å². The molecule has 1 aliphatic heterocycles. The summed E-state index contributed by atoms with van der Waals surface area (Å²) in [5.74, 6) is -0.693. The SMILES string of the molecule is COc1cc(/C=C2/N=C(c3cc(I)ccc3Cl)OC2=O)cc(Cl)c1OC(C)=O. The Labute approximate surface area is 184 Å². The molecule has 0 fully saturated rings. The molecule has 0 aliphatic carbocycles. The van der Waals surface area contributed by atoms with E-state index in [2.05, 4.69) is 27.6 Å². The fraction of sp³-hybridized carbons (Fsp3) is 0.105. The second-order valence-corrected chi connectivity index (χ2v) is 7.65. The van der Waals surface area contributed by atoms with Crippen molar-refractivity contribution in [3.63, 3.8) is 0 Å². The monoisotopic (exact) mass is 531 g/mol. The van der Waals surface area contributed by atoms with Gasteiger partial charge in [0.2, 0.25) is 5.90 Å². The highest BCUT2D eigenvalue weighted by atomic mass is 127. The van der Waals surface area contributed by atoms with Gasteiger partial charge in [-0.25, -0.2) is 9.79 Å². The lowest BCUT2D eigenvalue weighted by Crippen LogP contribution is -2.06. The van der Waals surface area contributed by atoms with Gasteiger partial charge in [0.1, 0.15) is 0 Å². The summed E-state index contributed by atoms with van der Waals surface area (Å²) in [4.78, 5) is 27.7. The van der Waals surface area contributed by atoms with Crippen molar-refractivity contribution in [2.45, 2.75) is 6.92 Å². The predicted octanol–water partition coefficient (Wildman–Crippen LogP) is 4.88. The smallest absolute Gasteiger partial charge is 0.363 e. The molecular formula is C19H12Cl2INO5. The van der Waals surface area contributed by atoms with E-state index in [4.69, 9.17) is 37.4 Å². The van der Waals surface area contributed by atoms with Crippen molar-refractivity contribution in [3.8, 4) is 11.5 Å². The molecule has 0 saturated carbocycles. The number of esters is 2. The standard InChI is InChI=1S/C19H12Cl2INO5/c1-9(24)27-17-14(21)5-10(7-16(17)26-2)6-15-19(25)28-18(23-15)12-8-11(22)3-4-13(12)20/h3-8H,1-2H3/b15-6+. The average molecular weight is 532 g/mol. The van der Waals surface area contributed by atoms with Gasteiger partial charge in [-0.1, -0.05) is 23.2 Å². The molecular weight excluding hydrogens is 520 g/mol. The van der Waals surface area contributed by atoms with Gasteiger partial charge in [0.25, 0.3) is 0 Å². The number of aliphatic imine (C=N–C) groups is 1. The molecule has 0 radical (unpaired) electrons. The quantitative estimate of drug-likeness (QED) is 0.243. The van der Waals surface area contributed by atoms with Gasteiger partial charge in [0.05, 0.1) is 22.7 Å². The minimum atomic E-state index is -0.621. The van der Waals surface area contributed by atoms with E-state index in [1.807, 2.05) is 6.07 Å². The van der Waals surface area contributed by atoms with E-state index in [1.54, 1.807) is 18.2 Å². The third-order valence-corrected chi connectivity index (χ3v) is 4.86. The summed E-state index contributed by atoms with van der Waals surface area (Å²) in [5, 5.41) is 0.571. The molecule has 9 heteroatoms. The van der Waals surface area contributed by atoms with Crippen LogP contribution in [0.1, 0.15) is 18.1 Å². The third-order valence-electron chi connectivity index (χ3n) is 3.58. The molecule has 0 spiro atoms. The number of benzene rings is 2. The Morgan fingerprint density at radius 2 is 1.96 bits per heavy atom. The maximum absolute atomic E-state index is 12.2. The number of hydrogen-bond donors (Lipinski definition) is 0. The fourth-order valence-corrected chi connectivity index (χ4v) is 3.36. The second-order valence-electron chi connectivity index (χ2n) is 5.59. The summed E-state index contributed by atoms with van der Waals surface area (Å²) < 4.78 is 16.5. The Morgan fingerprint density at radius 3 is 2.64 bits per heavy atom. The normalized spacial score (nSPS) is 14.7. The van der Waals surface area contributed by atoms with Gasteiger partial charge in [0.15, 0.2) is 17.2 Å². The number of halogens is 3. The summed E-state index contributed by atoms with van der Waals surface area (Å²) >= 11 is 14.5. The van der Waals surface area contributed by atoms with Crippen LogP contribution in [0.5, 0.6) is 11.5 Å². The first kappa shape index (κ1) is 20.6. The molecule has 1 heterocycles. The highest BCUT2D eigenvalue weighted by Crippen LogP contribution is 2.37. The van der Waals surface area contributed by atoms with E-state index in [9.17, 15) is 9.59 Å². The molecule has 1 aliphatic rings. The molecule has 2 aromatic rings. The molecule has 6 nitrogen and oxygen atoms in total. The number of carbonyl (C=O) groups excluding carboxylic acids is 2. The second kappa shape index (κ2) is 8.50. The Hall–Kier alpha value is -2.10. The van der Waals surface area contributed by atoms with E-state index < -0.39 is 11.9 Å². The van der Waals surface area contributed by atoms with Gasteiger partial charge in [-0.15, -0.1) is 0 Å². The van der Waals surface area contributed by atoms with Crippen LogP contribution in [-0.4, -0.2) is 24.9 Å².